The monoisotopic (exact) mass is 480 g/mol. The summed E-state index contributed by atoms with van der Waals surface area (Å²) < 4.78 is 27.2. The van der Waals surface area contributed by atoms with E-state index in [-0.39, 0.29) is 6.61 Å². The van der Waals surface area contributed by atoms with Gasteiger partial charge in [0.1, 0.15) is 36.8 Å². The van der Waals surface area contributed by atoms with Crippen LogP contribution in [0.25, 0.3) is 0 Å². The summed E-state index contributed by atoms with van der Waals surface area (Å²) in [6, 6.07) is 6.41. The molecular formula is C23H28O11. The molecule has 11 nitrogen and oxygen atoms in total. The van der Waals surface area contributed by atoms with E-state index >= 15 is 0 Å². The first-order chi connectivity index (χ1) is 16.3. The SMILES string of the molecule is COc1ccc(C(=O)OCC2=C[C@@H](O)[C@@H]3C=CO[C@@H](O[C@@H]4O[C@H](CO)[C@@H](O)[C@H](O)[C@H]4O)[C@H]23)cc1. The van der Waals surface area contributed by atoms with Gasteiger partial charge in [-0.1, -0.05) is 6.08 Å². The third kappa shape index (κ3) is 4.82. The van der Waals surface area contributed by atoms with Gasteiger partial charge in [0.25, 0.3) is 0 Å². The summed E-state index contributed by atoms with van der Waals surface area (Å²) in [6.45, 7) is -0.748. The summed E-state index contributed by atoms with van der Waals surface area (Å²) in [4.78, 5) is 12.5. The molecular weight excluding hydrogens is 452 g/mol. The van der Waals surface area contributed by atoms with Crippen molar-refractivity contribution in [1.82, 2.24) is 0 Å². The van der Waals surface area contributed by atoms with Crippen molar-refractivity contribution in [2.45, 2.75) is 43.1 Å². The van der Waals surface area contributed by atoms with Crippen LogP contribution in [0.1, 0.15) is 10.4 Å². The number of methoxy groups -OCH3 is 1. The number of aliphatic hydroxyl groups is 5. The van der Waals surface area contributed by atoms with Crippen molar-refractivity contribution in [2.24, 2.45) is 11.8 Å². The van der Waals surface area contributed by atoms with Crippen LogP contribution in [-0.2, 0) is 18.9 Å². The summed E-state index contributed by atoms with van der Waals surface area (Å²) in [5.41, 5.74) is 0.865. The first-order valence-electron chi connectivity index (χ1n) is 10.8. The molecule has 1 saturated heterocycles. The fourth-order valence-electron chi connectivity index (χ4n) is 4.32. The highest BCUT2D eigenvalue weighted by Gasteiger charge is 2.49. The van der Waals surface area contributed by atoms with Gasteiger partial charge in [-0.2, -0.15) is 0 Å². The van der Waals surface area contributed by atoms with E-state index in [1.165, 1.54) is 13.4 Å². The van der Waals surface area contributed by atoms with E-state index in [4.69, 9.17) is 23.7 Å². The van der Waals surface area contributed by atoms with Gasteiger partial charge in [-0.25, -0.2) is 4.79 Å². The Kier molecular flexibility index (Phi) is 7.53. The first-order valence-corrected chi connectivity index (χ1v) is 10.8. The number of ether oxygens (including phenoxy) is 5. The quantitative estimate of drug-likeness (QED) is 0.242. The molecule has 0 bridgehead atoms. The standard InChI is InChI=1S/C23H28O11/c1-30-13-4-2-11(3-5-13)21(29)32-10-12-8-15(25)14-6-7-31-22(17(12)14)34-23-20(28)19(27)18(26)16(9-24)33-23/h2-8,14-20,22-28H,9-10H2,1H3/t14-,15+,16+,17+,18+,19-,20+,22-,23-/m0/s1. The van der Waals surface area contributed by atoms with Crippen LogP contribution < -0.4 is 4.74 Å². The lowest BCUT2D eigenvalue weighted by Gasteiger charge is -2.42. The van der Waals surface area contributed by atoms with Crippen molar-refractivity contribution in [3.05, 3.63) is 53.8 Å². The maximum atomic E-state index is 12.5. The molecule has 2 aliphatic heterocycles. The summed E-state index contributed by atoms with van der Waals surface area (Å²) in [5, 5.41) is 50.2. The topological polar surface area (TPSA) is 164 Å². The summed E-state index contributed by atoms with van der Waals surface area (Å²) >= 11 is 0. The molecule has 2 heterocycles. The highest BCUT2D eigenvalue weighted by molar-refractivity contribution is 5.89. The smallest absolute Gasteiger partial charge is 0.338 e. The lowest BCUT2D eigenvalue weighted by Crippen LogP contribution is -2.60. The Labute approximate surface area is 195 Å². The Hall–Kier alpha value is -2.51. The van der Waals surface area contributed by atoms with Crippen LogP contribution in [-0.4, -0.2) is 94.9 Å². The fourth-order valence-corrected chi connectivity index (χ4v) is 4.32. The number of hydrogen-bond donors (Lipinski definition) is 5. The zero-order valence-electron chi connectivity index (χ0n) is 18.3. The van der Waals surface area contributed by atoms with E-state index < -0.39 is 67.5 Å². The number of aliphatic hydroxyl groups excluding tert-OH is 5. The third-order valence-electron chi connectivity index (χ3n) is 6.24. The number of fused-ring (bicyclic) bond motifs is 1. The molecule has 0 unspecified atom stereocenters. The van der Waals surface area contributed by atoms with Gasteiger partial charge in [-0.3, -0.25) is 0 Å². The molecule has 0 radical (unpaired) electrons. The molecule has 0 spiro atoms. The van der Waals surface area contributed by atoms with Crippen LogP contribution in [0, 0.1) is 11.8 Å². The molecule has 1 aromatic rings. The lowest BCUT2D eigenvalue weighted by molar-refractivity contribution is -0.339. The predicted octanol–water partition coefficient (Wildman–Crippen LogP) is -0.928. The molecule has 11 heteroatoms. The highest BCUT2D eigenvalue weighted by Crippen LogP contribution is 2.41. The summed E-state index contributed by atoms with van der Waals surface area (Å²) in [7, 11) is 1.52. The van der Waals surface area contributed by atoms with Gasteiger partial charge in [-0.05, 0) is 35.9 Å². The fraction of sp³-hybridized carbons (Fsp3) is 0.522. The van der Waals surface area contributed by atoms with Gasteiger partial charge in [0.05, 0.1) is 37.6 Å². The maximum absolute atomic E-state index is 12.5. The normalized spacial score (nSPS) is 36.9. The molecule has 1 aromatic carbocycles. The molecule has 0 saturated carbocycles. The van der Waals surface area contributed by atoms with E-state index in [1.54, 1.807) is 36.4 Å². The van der Waals surface area contributed by atoms with E-state index in [0.29, 0.717) is 16.9 Å². The molecule has 0 amide bonds. The van der Waals surface area contributed by atoms with Crippen molar-refractivity contribution in [2.75, 3.05) is 20.3 Å². The molecule has 5 N–H and O–H groups in total. The highest BCUT2D eigenvalue weighted by atomic mass is 16.8. The Morgan fingerprint density at radius 3 is 2.44 bits per heavy atom. The van der Waals surface area contributed by atoms with Crippen LogP contribution in [0.15, 0.2) is 48.3 Å². The van der Waals surface area contributed by atoms with Crippen LogP contribution in [0.4, 0.5) is 0 Å². The molecule has 9 atom stereocenters. The molecule has 0 aromatic heterocycles. The van der Waals surface area contributed by atoms with Gasteiger partial charge < -0.3 is 49.2 Å². The molecule has 34 heavy (non-hydrogen) atoms. The minimum absolute atomic E-state index is 0.144. The van der Waals surface area contributed by atoms with E-state index in [1.807, 2.05) is 0 Å². The van der Waals surface area contributed by atoms with Gasteiger partial charge in [0.15, 0.2) is 6.29 Å². The van der Waals surface area contributed by atoms with E-state index in [2.05, 4.69) is 0 Å². The minimum Gasteiger partial charge on any atom is -0.497 e. The Morgan fingerprint density at radius 1 is 1.03 bits per heavy atom. The Morgan fingerprint density at radius 2 is 1.76 bits per heavy atom. The second-order valence-electron chi connectivity index (χ2n) is 8.31. The number of carbonyl (C=O) groups excluding carboxylic acids is 1. The average Bonchev–Trinajstić information content (AvgIpc) is 3.19. The second-order valence-corrected chi connectivity index (χ2v) is 8.31. The Balaban J connectivity index is 1.44. The van der Waals surface area contributed by atoms with Crippen molar-refractivity contribution in [3.63, 3.8) is 0 Å². The largest absolute Gasteiger partial charge is 0.497 e. The summed E-state index contributed by atoms with van der Waals surface area (Å²) in [5.74, 6) is -1.00. The average molecular weight is 480 g/mol. The van der Waals surface area contributed by atoms with Crippen molar-refractivity contribution < 1.29 is 54.0 Å². The zero-order chi connectivity index (χ0) is 24.4. The van der Waals surface area contributed by atoms with Crippen LogP contribution in [0.3, 0.4) is 0 Å². The van der Waals surface area contributed by atoms with Gasteiger partial charge >= 0.3 is 5.97 Å². The molecule has 3 aliphatic rings. The zero-order valence-corrected chi connectivity index (χ0v) is 18.3. The van der Waals surface area contributed by atoms with Crippen molar-refractivity contribution >= 4 is 5.97 Å². The van der Waals surface area contributed by atoms with Gasteiger partial charge in [0, 0.05) is 5.92 Å². The minimum atomic E-state index is -1.61. The third-order valence-corrected chi connectivity index (χ3v) is 6.24. The van der Waals surface area contributed by atoms with Crippen molar-refractivity contribution in [1.29, 1.82) is 0 Å². The number of hydrogen-bond acceptors (Lipinski definition) is 11. The molecule has 186 valence electrons. The number of rotatable bonds is 7. The lowest BCUT2D eigenvalue weighted by atomic mass is 9.88. The number of esters is 1. The van der Waals surface area contributed by atoms with Crippen molar-refractivity contribution in [3.8, 4) is 5.75 Å². The van der Waals surface area contributed by atoms with Crippen LogP contribution in [0.2, 0.25) is 0 Å². The second kappa shape index (κ2) is 10.4. The summed E-state index contributed by atoms with van der Waals surface area (Å²) in [6.07, 6.45) is -4.73. The van der Waals surface area contributed by atoms with Gasteiger partial charge in [0.2, 0.25) is 6.29 Å². The molecule has 4 rings (SSSR count). The van der Waals surface area contributed by atoms with Gasteiger partial charge in [-0.15, -0.1) is 0 Å². The number of carbonyl (C=O) groups is 1. The predicted molar refractivity (Wildman–Crippen MR) is 113 cm³/mol. The van der Waals surface area contributed by atoms with E-state index in [0.717, 1.165) is 0 Å². The van der Waals surface area contributed by atoms with E-state index in [9.17, 15) is 30.3 Å². The first kappa shape index (κ1) is 24.6. The maximum Gasteiger partial charge on any atom is 0.338 e. The molecule has 1 aliphatic carbocycles. The van der Waals surface area contributed by atoms with Crippen LogP contribution >= 0.6 is 0 Å². The molecule has 1 fully saturated rings. The Bertz CT molecular complexity index is 912. The number of benzene rings is 1. The van der Waals surface area contributed by atoms with Crippen LogP contribution in [0.5, 0.6) is 5.75 Å².